The van der Waals surface area contributed by atoms with Crippen molar-refractivity contribution in [3.8, 4) is 0 Å². The first kappa shape index (κ1) is 26.3. The van der Waals surface area contributed by atoms with Crippen LogP contribution in [0.15, 0.2) is 72.8 Å². The van der Waals surface area contributed by atoms with E-state index in [1.165, 1.54) is 0 Å². The average Bonchev–Trinajstić information content (AvgIpc) is 3.25. The summed E-state index contributed by atoms with van der Waals surface area (Å²) in [5.41, 5.74) is 10.8. The number of hydrogen-bond acceptors (Lipinski definition) is 6. The van der Waals surface area contributed by atoms with Gasteiger partial charge in [0.2, 0.25) is 15.9 Å². The van der Waals surface area contributed by atoms with Crippen molar-refractivity contribution < 1.29 is 18.0 Å². The van der Waals surface area contributed by atoms with Gasteiger partial charge in [0.15, 0.2) is 0 Å². The number of anilines is 4. The van der Waals surface area contributed by atoms with Gasteiger partial charge in [0.25, 0.3) is 5.91 Å². The van der Waals surface area contributed by atoms with Crippen LogP contribution >= 0.6 is 0 Å². The van der Waals surface area contributed by atoms with E-state index in [1.807, 2.05) is 30.3 Å². The Morgan fingerprint density at radius 2 is 1.69 bits per heavy atom. The van der Waals surface area contributed by atoms with Gasteiger partial charge in [0.1, 0.15) is 6.54 Å². The van der Waals surface area contributed by atoms with Gasteiger partial charge in [-0.2, -0.15) is 0 Å². The third-order valence-corrected chi connectivity index (χ3v) is 8.05. The number of carbonyl (C=O) groups is 2. The van der Waals surface area contributed by atoms with Gasteiger partial charge in [-0.3, -0.25) is 13.9 Å². The highest BCUT2D eigenvalue weighted by atomic mass is 32.2. The van der Waals surface area contributed by atoms with E-state index >= 15 is 0 Å². The molecule has 3 aromatic carbocycles. The fourth-order valence-electron chi connectivity index (χ4n) is 4.94. The van der Waals surface area contributed by atoms with Gasteiger partial charge in [0.05, 0.1) is 23.2 Å². The molecule has 1 fully saturated rings. The van der Waals surface area contributed by atoms with E-state index < -0.39 is 10.0 Å². The summed E-state index contributed by atoms with van der Waals surface area (Å²) >= 11 is 0. The fourth-order valence-corrected chi connectivity index (χ4v) is 5.79. The van der Waals surface area contributed by atoms with E-state index in [0.29, 0.717) is 52.7 Å². The first-order chi connectivity index (χ1) is 18.7. The van der Waals surface area contributed by atoms with Crippen LogP contribution in [0.3, 0.4) is 0 Å². The molecule has 0 bridgehead atoms. The quantitative estimate of drug-likeness (QED) is 0.305. The minimum atomic E-state index is -3.70. The zero-order valence-corrected chi connectivity index (χ0v) is 22.5. The number of hydrogen-bond donors (Lipinski definition) is 3. The maximum Gasteiger partial charge on any atom is 0.258 e. The monoisotopic (exact) mass is 545 g/mol. The van der Waals surface area contributed by atoms with Gasteiger partial charge in [-0.15, -0.1) is 0 Å². The topological polar surface area (TPSA) is 125 Å². The Kier molecular flexibility index (Phi) is 7.30. The molecule has 0 spiro atoms. The highest BCUT2D eigenvalue weighted by Crippen LogP contribution is 2.38. The molecule has 0 unspecified atom stereocenters. The second kappa shape index (κ2) is 10.8. The van der Waals surface area contributed by atoms with Crippen molar-refractivity contribution in [2.24, 2.45) is 0 Å². The van der Waals surface area contributed by atoms with Crippen LogP contribution in [0.4, 0.5) is 22.7 Å². The van der Waals surface area contributed by atoms with Crippen molar-refractivity contribution in [2.75, 3.05) is 46.6 Å². The first-order valence-electron chi connectivity index (χ1n) is 12.8. The maximum atomic E-state index is 13.1. The molecule has 0 atom stereocenters. The number of nitrogens with two attached hydrogens (primary N) is 1. The Morgan fingerprint density at radius 3 is 2.36 bits per heavy atom. The lowest BCUT2D eigenvalue weighted by molar-refractivity contribution is -0.130. The number of carbonyl (C=O) groups excluding carboxylic acids is 2. The van der Waals surface area contributed by atoms with Gasteiger partial charge in [0, 0.05) is 35.7 Å². The number of likely N-dealkylation sites (tertiary alicyclic amines) is 1. The first-order valence-corrected chi connectivity index (χ1v) is 14.7. The lowest BCUT2D eigenvalue weighted by Gasteiger charge is -2.30. The Bertz CT molecular complexity index is 1530. The lowest BCUT2D eigenvalue weighted by Crippen LogP contribution is -2.44. The number of nitrogens with one attached hydrogen (secondary N) is 2. The van der Waals surface area contributed by atoms with Crippen LogP contribution < -0.4 is 20.7 Å². The molecule has 10 heteroatoms. The Hall–Kier alpha value is -4.31. The van der Waals surface area contributed by atoms with E-state index in [1.54, 1.807) is 47.4 Å². The number of nitrogens with zero attached hydrogens (tertiary/aromatic N) is 2. The van der Waals surface area contributed by atoms with Crippen LogP contribution in [-0.2, 0) is 19.6 Å². The molecule has 2 amide bonds. The Balaban J connectivity index is 1.46. The fraction of sp³-hybridized carbons (Fsp3) is 0.241. The van der Waals surface area contributed by atoms with Crippen LogP contribution in [0, 0.1) is 0 Å². The smallest absolute Gasteiger partial charge is 0.258 e. The molecule has 2 heterocycles. The predicted octanol–water partition coefficient (Wildman–Crippen LogP) is 3.98. The van der Waals surface area contributed by atoms with E-state index in [2.05, 4.69) is 10.6 Å². The Labute approximate surface area is 228 Å². The third-order valence-electron chi connectivity index (χ3n) is 6.91. The minimum absolute atomic E-state index is 0.205. The second-order valence-electron chi connectivity index (χ2n) is 9.76. The van der Waals surface area contributed by atoms with E-state index in [-0.39, 0.29) is 18.4 Å². The molecule has 202 valence electrons. The Morgan fingerprint density at radius 1 is 1.00 bits per heavy atom. The standard InChI is InChI=1S/C29H31N5O4S/c1-39(37,38)34(19-26(35)33-16-6-3-7-17-33)23-13-11-22(12-14-23)31-28(20-8-4-2-5-9-20)27-24-18-21(30)10-15-25(24)32-29(27)36/h2,4-5,8-15,18,31H,3,6-7,16-17,19,30H2,1H3,(H,32,36)/b28-27-. The van der Waals surface area contributed by atoms with Crippen molar-refractivity contribution in [1.29, 1.82) is 0 Å². The molecule has 39 heavy (non-hydrogen) atoms. The molecule has 0 saturated carbocycles. The number of piperidine rings is 1. The molecule has 3 aromatic rings. The van der Waals surface area contributed by atoms with Crippen molar-refractivity contribution in [3.63, 3.8) is 0 Å². The summed E-state index contributed by atoms with van der Waals surface area (Å²) in [5, 5.41) is 6.26. The number of nitrogen functional groups attached to an aromatic ring is 1. The largest absolute Gasteiger partial charge is 0.399 e. The highest BCUT2D eigenvalue weighted by molar-refractivity contribution is 7.92. The highest BCUT2D eigenvalue weighted by Gasteiger charge is 2.29. The summed E-state index contributed by atoms with van der Waals surface area (Å²) in [6.07, 6.45) is 4.04. The number of amides is 2. The third kappa shape index (κ3) is 5.75. The number of benzene rings is 3. The molecule has 2 aliphatic rings. The van der Waals surface area contributed by atoms with E-state index in [4.69, 9.17) is 5.73 Å². The van der Waals surface area contributed by atoms with Crippen LogP contribution in [0.1, 0.15) is 30.4 Å². The summed E-state index contributed by atoms with van der Waals surface area (Å²) in [6.45, 7) is 1.06. The van der Waals surface area contributed by atoms with Crippen LogP contribution in [0.25, 0.3) is 11.3 Å². The molecule has 9 nitrogen and oxygen atoms in total. The zero-order valence-electron chi connectivity index (χ0n) is 21.7. The van der Waals surface area contributed by atoms with Crippen molar-refractivity contribution in [1.82, 2.24) is 4.90 Å². The summed E-state index contributed by atoms with van der Waals surface area (Å²) in [6, 6.07) is 21.5. The average molecular weight is 546 g/mol. The number of sulfonamides is 1. The second-order valence-corrected chi connectivity index (χ2v) is 11.7. The molecule has 2 aliphatic heterocycles. The molecule has 0 radical (unpaired) electrons. The van der Waals surface area contributed by atoms with E-state index in [9.17, 15) is 18.0 Å². The molecule has 1 saturated heterocycles. The van der Waals surface area contributed by atoms with Crippen LogP contribution in [0.2, 0.25) is 0 Å². The van der Waals surface area contributed by atoms with Gasteiger partial charge < -0.3 is 21.3 Å². The molecule has 5 rings (SSSR count). The zero-order chi connectivity index (χ0) is 27.6. The summed E-state index contributed by atoms with van der Waals surface area (Å²) in [5.74, 6) is -0.457. The number of fused-ring (bicyclic) bond motifs is 1. The maximum absolute atomic E-state index is 13.1. The summed E-state index contributed by atoms with van der Waals surface area (Å²) < 4.78 is 26.4. The van der Waals surface area contributed by atoms with E-state index in [0.717, 1.165) is 35.4 Å². The minimum Gasteiger partial charge on any atom is -0.399 e. The predicted molar refractivity (Wildman–Crippen MR) is 155 cm³/mol. The van der Waals surface area contributed by atoms with Crippen LogP contribution in [0.5, 0.6) is 0 Å². The SMILES string of the molecule is CS(=O)(=O)N(CC(=O)N1CCCCC1)c1ccc(N/C(=C2\C(=O)Nc3ccc(N)cc32)c2ccccc2)cc1. The van der Waals surface area contributed by atoms with Crippen molar-refractivity contribution >= 4 is 55.9 Å². The van der Waals surface area contributed by atoms with Gasteiger partial charge in [-0.25, -0.2) is 8.42 Å². The van der Waals surface area contributed by atoms with Crippen molar-refractivity contribution in [2.45, 2.75) is 19.3 Å². The van der Waals surface area contributed by atoms with Gasteiger partial charge in [-0.05, 0) is 67.3 Å². The molecule has 0 aromatic heterocycles. The normalized spacial score (nSPS) is 16.3. The van der Waals surface area contributed by atoms with Crippen molar-refractivity contribution in [3.05, 3.63) is 83.9 Å². The summed E-state index contributed by atoms with van der Waals surface area (Å²) in [4.78, 5) is 27.7. The molecular formula is C29H31N5O4S. The van der Waals surface area contributed by atoms with Gasteiger partial charge >= 0.3 is 0 Å². The van der Waals surface area contributed by atoms with Crippen LogP contribution in [-0.4, -0.2) is 51.0 Å². The molecule has 0 aliphatic carbocycles. The molecule has 4 N–H and O–H groups in total. The summed E-state index contributed by atoms with van der Waals surface area (Å²) in [7, 11) is -3.70. The number of rotatable bonds is 7. The molecular weight excluding hydrogens is 514 g/mol. The lowest BCUT2D eigenvalue weighted by atomic mass is 9.99. The van der Waals surface area contributed by atoms with Gasteiger partial charge in [-0.1, -0.05) is 30.3 Å².